The average Bonchev–Trinajstić information content (AvgIpc) is 2.93. The monoisotopic (exact) mass is 323 g/mol. The van der Waals surface area contributed by atoms with Crippen LogP contribution in [0.4, 0.5) is 4.79 Å². The van der Waals surface area contributed by atoms with Crippen LogP contribution in [0.1, 0.15) is 24.8 Å². The molecule has 1 amide bonds. The van der Waals surface area contributed by atoms with Crippen LogP contribution in [0.5, 0.6) is 0 Å². The van der Waals surface area contributed by atoms with E-state index in [1.165, 1.54) is 23.6 Å². The summed E-state index contributed by atoms with van der Waals surface area (Å²) in [5, 5.41) is -0.265. The molecule has 0 spiro atoms. The molecule has 22 heavy (non-hydrogen) atoms. The Morgan fingerprint density at radius 3 is 2.55 bits per heavy atom. The summed E-state index contributed by atoms with van der Waals surface area (Å²) in [6.45, 7) is 3.13. The van der Waals surface area contributed by atoms with Gasteiger partial charge in [-0.05, 0) is 12.5 Å². The fourth-order valence-corrected chi connectivity index (χ4v) is 3.71. The second-order valence-corrected chi connectivity index (χ2v) is 5.76. The molecule has 118 valence electrons. The molecule has 1 saturated heterocycles. The van der Waals surface area contributed by atoms with Gasteiger partial charge in [-0.3, -0.25) is 4.79 Å². The summed E-state index contributed by atoms with van der Waals surface area (Å²) in [6.07, 6.45) is -1.04. The van der Waals surface area contributed by atoms with Crippen LogP contribution in [-0.2, 0) is 19.1 Å². The van der Waals surface area contributed by atoms with Crippen LogP contribution in [0.3, 0.4) is 0 Å². The third-order valence-electron chi connectivity index (χ3n) is 3.17. The Bertz CT molecular complexity index is 562. The lowest BCUT2D eigenvalue weighted by molar-refractivity contribution is -0.150. The number of carbonyl (C=O) groups is 3. The smallest absolute Gasteiger partial charge is 0.434 e. The van der Waals surface area contributed by atoms with Crippen molar-refractivity contribution < 1.29 is 23.9 Å². The van der Waals surface area contributed by atoms with Crippen molar-refractivity contribution in [2.75, 3.05) is 12.4 Å². The second kappa shape index (κ2) is 7.31. The summed E-state index contributed by atoms with van der Waals surface area (Å²) in [7, 11) is 0. The van der Waals surface area contributed by atoms with Gasteiger partial charge in [-0.15, -0.1) is 11.8 Å². The van der Waals surface area contributed by atoms with Crippen molar-refractivity contribution in [2.24, 2.45) is 0 Å². The maximum atomic E-state index is 12.1. The Hall–Kier alpha value is -2.02. The van der Waals surface area contributed by atoms with E-state index in [0.29, 0.717) is 5.75 Å². The Balaban J connectivity index is 2.14. The molecule has 1 aromatic rings. The molecule has 0 N–H and O–H groups in total. The number of rotatable bonds is 3. The Labute approximate surface area is 132 Å². The zero-order valence-electron chi connectivity index (χ0n) is 12.4. The number of hydrogen-bond acceptors (Lipinski definition) is 6. The normalized spacial score (nSPS) is 20.5. The van der Waals surface area contributed by atoms with Gasteiger partial charge in [0.05, 0.1) is 6.61 Å². The molecule has 0 aromatic heterocycles. The zero-order valence-corrected chi connectivity index (χ0v) is 13.2. The third kappa shape index (κ3) is 3.59. The molecule has 7 heteroatoms. The SMILES string of the molecule is CCOC(=O)OC(=O)[C@@H]1CS[C@@H](c2ccccc2)N1C(C)=O. The van der Waals surface area contributed by atoms with Crippen LogP contribution < -0.4 is 0 Å². The molecule has 0 aliphatic carbocycles. The Kier molecular flexibility index (Phi) is 5.43. The van der Waals surface area contributed by atoms with Crippen molar-refractivity contribution in [3.05, 3.63) is 35.9 Å². The summed E-state index contributed by atoms with van der Waals surface area (Å²) >= 11 is 1.46. The van der Waals surface area contributed by atoms with Crippen molar-refractivity contribution in [1.29, 1.82) is 0 Å². The molecule has 0 radical (unpaired) electrons. The van der Waals surface area contributed by atoms with E-state index in [4.69, 9.17) is 0 Å². The van der Waals surface area contributed by atoms with Crippen molar-refractivity contribution in [2.45, 2.75) is 25.3 Å². The molecular weight excluding hydrogens is 306 g/mol. The summed E-state index contributed by atoms with van der Waals surface area (Å²) in [5.74, 6) is -0.638. The molecular formula is C15H17NO5S. The van der Waals surface area contributed by atoms with Crippen LogP contribution in [0, 0.1) is 0 Å². The van der Waals surface area contributed by atoms with Gasteiger partial charge in [-0.2, -0.15) is 0 Å². The molecule has 0 unspecified atom stereocenters. The summed E-state index contributed by atoms with van der Waals surface area (Å²) in [5.41, 5.74) is 0.925. The van der Waals surface area contributed by atoms with Crippen LogP contribution in [0.15, 0.2) is 30.3 Å². The van der Waals surface area contributed by atoms with Gasteiger partial charge in [0, 0.05) is 12.7 Å². The van der Waals surface area contributed by atoms with Crippen molar-refractivity contribution in [1.82, 2.24) is 4.90 Å². The van der Waals surface area contributed by atoms with E-state index in [9.17, 15) is 14.4 Å². The van der Waals surface area contributed by atoms with Crippen molar-refractivity contribution in [3.63, 3.8) is 0 Å². The molecule has 6 nitrogen and oxygen atoms in total. The van der Waals surface area contributed by atoms with E-state index in [-0.39, 0.29) is 17.9 Å². The van der Waals surface area contributed by atoms with Gasteiger partial charge in [-0.1, -0.05) is 30.3 Å². The molecule has 2 atom stereocenters. The van der Waals surface area contributed by atoms with E-state index >= 15 is 0 Å². The summed E-state index contributed by atoms with van der Waals surface area (Å²) in [4.78, 5) is 36.7. The molecule has 1 aliphatic rings. The number of esters is 1. The molecule has 1 aliphatic heterocycles. The van der Waals surface area contributed by atoms with E-state index in [1.807, 2.05) is 30.3 Å². The lowest BCUT2D eigenvalue weighted by Gasteiger charge is -2.26. The van der Waals surface area contributed by atoms with Crippen molar-refractivity contribution in [3.8, 4) is 0 Å². The zero-order chi connectivity index (χ0) is 16.1. The first-order valence-corrected chi connectivity index (χ1v) is 7.93. The largest absolute Gasteiger partial charge is 0.516 e. The topological polar surface area (TPSA) is 72.9 Å². The highest BCUT2D eigenvalue weighted by Gasteiger charge is 2.42. The van der Waals surface area contributed by atoms with Gasteiger partial charge < -0.3 is 14.4 Å². The maximum Gasteiger partial charge on any atom is 0.516 e. The van der Waals surface area contributed by atoms with Gasteiger partial charge in [0.2, 0.25) is 5.91 Å². The quantitative estimate of drug-likeness (QED) is 0.628. The molecule has 1 heterocycles. The van der Waals surface area contributed by atoms with Gasteiger partial charge in [0.25, 0.3) is 0 Å². The van der Waals surface area contributed by atoms with Crippen molar-refractivity contribution >= 4 is 29.8 Å². The highest BCUT2D eigenvalue weighted by molar-refractivity contribution is 7.99. The van der Waals surface area contributed by atoms with Gasteiger partial charge in [0.1, 0.15) is 11.4 Å². The molecule has 0 saturated carbocycles. The van der Waals surface area contributed by atoms with Gasteiger partial charge in [-0.25, -0.2) is 9.59 Å². The highest BCUT2D eigenvalue weighted by atomic mass is 32.2. The summed E-state index contributed by atoms with van der Waals surface area (Å²) in [6, 6.07) is 8.63. The highest BCUT2D eigenvalue weighted by Crippen LogP contribution is 2.41. The maximum absolute atomic E-state index is 12.1. The number of hydrogen-bond donors (Lipinski definition) is 0. The Morgan fingerprint density at radius 2 is 1.95 bits per heavy atom. The van der Waals surface area contributed by atoms with E-state index in [1.54, 1.807) is 6.92 Å². The minimum Gasteiger partial charge on any atom is -0.434 e. The third-order valence-corrected chi connectivity index (χ3v) is 4.49. The Morgan fingerprint density at radius 1 is 1.27 bits per heavy atom. The molecule has 1 fully saturated rings. The second-order valence-electron chi connectivity index (χ2n) is 4.64. The summed E-state index contributed by atoms with van der Waals surface area (Å²) < 4.78 is 9.22. The molecule has 0 bridgehead atoms. The predicted molar refractivity (Wildman–Crippen MR) is 81.1 cm³/mol. The van der Waals surface area contributed by atoms with Gasteiger partial charge >= 0.3 is 12.1 Å². The number of thioether (sulfide) groups is 1. The first-order chi connectivity index (χ1) is 10.5. The number of ether oxygens (including phenoxy) is 2. The first kappa shape index (κ1) is 16.4. The van der Waals surface area contributed by atoms with Crippen LogP contribution in [-0.4, -0.2) is 41.3 Å². The van der Waals surface area contributed by atoms with Crippen LogP contribution in [0.2, 0.25) is 0 Å². The first-order valence-electron chi connectivity index (χ1n) is 6.88. The average molecular weight is 323 g/mol. The number of amides is 1. The van der Waals surface area contributed by atoms with E-state index in [2.05, 4.69) is 9.47 Å². The minimum atomic E-state index is -1.04. The molecule has 2 rings (SSSR count). The minimum absolute atomic E-state index is 0.120. The van der Waals surface area contributed by atoms with Crippen LogP contribution >= 0.6 is 11.8 Å². The van der Waals surface area contributed by atoms with Gasteiger partial charge in [0.15, 0.2) is 0 Å². The lowest BCUT2D eigenvalue weighted by Crippen LogP contribution is -2.43. The fraction of sp³-hybridized carbons (Fsp3) is 0.400. The number of benzene rings is 1. The lowest BCUT2D eigenvalue weighted by atomic mass is 10.2. The standard InChI is InChI=1S/C15H17NO5S/c1-3-20-15(19)21-14(18)12-9-22-13(16(12)10(2)17)11-7-5-4-6-8-11/h4-8,12-13H,3,9H2,1-2H3/t12-,13-/m0/s1. The van der Waals surface area contributed by atoms with E-state index in [0.717, 1.165) is 5.56 Å². The number of carbonyl (C=O) groups excluding carboxylic acids is 3. The van der Waals surface area contributed by atoms with Crippen LogP contribution in [0.25, 0.3) is 0 Å². The predicted octanol–water partition coefficient (Wildman–Crippen LogP) is 2.35. The molecule has 1 aromatic carbocycles. The fourth-order valence-electron chi connectivity index (χ4n) is 2.24. The van der Waals surface area contributed by atoms with E-state index < -0.39 is 18.2 Å². The number of nitrogens with zero attached hydrogens (tertiary/aromatic N) is 1.